The predicted molar refractivity (Wildman–Crippen MR) is 103 cm³/mol. The van der Waals surface area contributed by atoms with Gasteiger partial charge in [0.15, 0.2) is 0 Å². The van der Waals surface area contributed by atoms with Crippen molar-refractivity contribution >= 4 is 51.1 Å². The topological polar surface area (TPSA) is 38.7 Å². The Kier molecular flexibility index (Phi) is 5.48. The lowest BCUT2D eigenvalue weighted by molar-refractivity contribution is 0.0526. The van der Waals surface area contributed by atoms with Crippen LogP contribution in [0.2, 0.25) is 0 Å². The average Bonchev–Trinajstić information content (AvgIpc) is 2.91. The molecule has 2 aromatic rings. The lowest BCUT2D eigenvalue weighted by atomic mass is 9.95. The normalized spacial score (nSPS) is 14.0. The molecule has 0 amide bonds. The van der Waals surface area contributed by atoms with Crippen molar-refractivity contribution in [3.63, 3.8) is 0 Å². The number of halogens is 1. The quantitative estimate of drug-likeness (QED) is 0.375. The van der Waals surface area contributed by atoms with Crippen LogP contribution < -0.4 is 0 Å². The van der Waals surface area contributed by atoms with Gasteiger partial charge in [-0.1, -0.05) is 12.1 Å². The molecular formula is C18H18INO2S. The van der Waals surface area contributed by atoms with Gasteiger partial charge in [-0.2, -0.15) is 0 Å². The standard InChI is InChI=1S/C18H18INO2S/c1-2-22-18(21)16-14-8-3-4-9-15(14)23-17(16)20-11-12-6-5-7-13(19)10-12/h5-7,10-11H,2-4,8-9H2,1H3/b20-11+. The fourth-order valence-corrected chi connectivity index (χ4v) is 4.56. The first-order valence-corrected chi connectivity index (χ1v) is 9.70. The van der Waals surface area contributed by atoms with E-state index in [1.54, 1.807) is 11.3 Å². The monoisotopic (exact) mass is 439 g/mol. The van der Waals surface area contributed by atoms with E-state index in [1.165, 1.54) is 14.9 Å². The van der Waals surface area contributed by atoms with Gasteiger partial charge in [0.05, 0.1) is 12.2 Å². The molecule has 23 heavy (non-hydrogen) atoms. The maximum absolute atomic E-state index is 12.4. The third-order valence-electron chi connectivity index (χ3n) is 3.81. The number of benzene rings is 1. The van der Waals surface area contributed by atoms with Crippen LogP contribution in [0, 0.1) is 3.57 Å². The second-order valence-corrected chi connectivity index (χ2v) is 7.75. The van der Waals surface area contributed by atoms with Gasteiger partial charge in [-0.3, -0.25) is 0 Å². The van der Waals surface area contributed by atoms with Crippen LogP contribution in [0.1, 0.15) is 46.1 Å². The van der Waals surface area contributed by atoms with Crippen molar-refractivity contribution in [1.82, 2.24) is 0 Å². The molecule has 0 N–H and O–H groups in total. The molecule has 0 fully saturated rings. The lowest BCUT2D eigenvalue weighted by Gasteiger charge is -2.11. The van der Waals surface area contributed by atoms with Crippen LogP contribution in [-0.4, -0.2) is 18.8 Å². The minimum absolute atomic E-state index is 0.235. The number of carbonyl (C=O) groups is 1. The van der Waals surface area contributed by atoms with Crippen molar-refractivity contribution < 1.29 is 9.53 Å². The highest BCUT2D eigenvalue weighted by atomic mass is 127. The Morgan fingerprint density at radius 3 is 3.00 bits per heavy atom. The molecule has 0 bridgehead atoms. The van der Waals surface area contributed by atoms with Crippen molar-refractivity contribution in [2.45, 2.75) is 32.6 Å². The first-order valence-electron chi connectivity index (χ1n) is 7.80. The van der Waals surface area contributed by atoms with Gasteiger partial charge in [0.2, 0.25) is 0 Å². The summed E-state index contributed by atoms with van der Waals surface area (Å²) in [6.07, 6.45) is 6.16. The van der Waals surface area contributed by atoms with E-state index < -0.39 is 0 Å². The van der Waals surface area contributed by atoms with Gasteiger partial charge in [-0.25, -0.2) is 9.79 Å². The van der Waals surface area contributed by atoms with E-state index >= 15 is 0 Å². The summed E-state index contributed by atoms with van der Waals surface area (Å²) in [5.74, 6) is -0.235. The summed E-state index contributed by atoms with van der Waals surface area (Å²) in [5.41, 5.74) is 2.89. The fraction of sp³-hybridized carbons (Fsp3) is 0.333. The second kappa shape index (κ2) is 7.57. The van der Waals surface area contributed by atoms with E-state index in [4.69, 9.17) is 4.74 Å². The molecule has 0 spiro atoms. The second-order valence-electron chi connectivity index (χ2n) is 5.42. The number of rotatable bonds is 4. The molecule has 0 aliphatic heterocycles. The van der Waals surface area contributed by atoms with Gasteiger partial charge < -0.3 is 4.74 Å². The number of esters is 1. The summed E-state index contributed by atoms with van der Waals surface area (Å²) >= 11 is 3.92. The van der Waals surface area contributed by atoms with Gasteiger partial charge in [-0.05, 0) is 78.5 Å². The first-order chi connectivity index (χ1) is 11.2. The Hall–Kier alpha value is -1.21. The van der Waals surface area contributed by atoms with E-state index in [1.807, 2.05) is 31.3 Å². The molecule has 5 heteroatoms. The lowest BCUT2D eigenvalue weighted by Crippen LogP contribution is -2.09. The van der Waals surface area contributed by atoms with E-state index in [9.17, 15) is 4.79 Å². The largest absolute Gasteiger partial charge is 0.462 e. The van der Waals surface area contributed by atoms with Crippen molar-refractivity contribution in [1.29, 1.82) is 0 Å². The molecule has 0 saturated carbocycles. The average molecular weight is 439 g/mol. The van der Waals surface area contributed by atoms with Crippen LogP contribution in [0.4, 0.5) is 5.00 Å². The van der Waals surface area contributed by atoms with Crippen LogP contribution in [0.3, 0.4) is 0 Å². The van der Waals surface area contributed by atoms with Crippen LogP contribution >= 0.6 is 33.9 Å². The van der Waals surface area contributed by atoms with Gasteiger partial charge in [-0.15, -0.1) is 11.3 Å². The Labute approximate surface area is 153 Å². The molecule has 1 heterocycles. The van der Waals surface area contributed by atoms with Gasteiger partial charge in [0, 0.05) is 14.7 Å². The third-order valence-corrected chi connectivity index (χ3v) is 5.68. The van der Waals surface area contributed by atoms with Crippen molar-refractivity contribution in [2.75, 3.05) is 6.61 Å². The molecule has 0 radical (unpaired) electrons. The van der Waals surface area contributed by atoms with Crippen molar-refractivity contribution in [2.24, 2.45) is 4.99 Å². The number of aliphatic imine (C=N–C) groups is 1. The first kappa shape index (κ1) is 16.6. The number of thiophene rings is 1. The zero-order valence-corrected chi connectivity index (χ0v) is 15.9. The molecular weight excluding hydrogens is 421 g/mol. The van der Waals surface area contributed by atoms with E-state index in [0.717, 1.165) is 35.4 Å². The van der Waals surface area contributed by atoms with Crippen molar-refractivity contribution in [3.05, 3.63) is 49.4 Å². The summed E-state index contributed by atoms with van der Waals surface area (Å²) in [4.78, 5) is 18.3. The molecule has 0 atom stereocenters. The molecule has 0 saturated heterocycles. The van der Waals surface area contributed by atoms with Gasteiger partial charge in [0.25, 0.3) is 0 Å². The number of hydrogen-bond acceptors (Lipinski definition) is 4. The molecule has 1 aliphatic rings. The van der Waals surface area contributed by atoms with Crippen LogP contribution in [-0.2, 0) is 17.6 Å². The van der Waals surface area contributed by atoms with Crippen molar-refractivity contribution in [3.8, 4) is 0 Å². The number of aryl methyl sites for hydroxylation is 1. The summed E-state index contributed by atoms with van der Waals surface area (Å²) in [6.45, 7) is 2.23. The van der Waals surface area contributed by atoms with Gasteiger partial charge >= 0.3 is 5.97 Å². The predicted octanol–water partition coefficient (Wildman–Crippen LogP) is 5.16. The van der Waals surface area contributed by atoms with Crippen LogP contribution in [0.15, 0.2) is 29.3 Å². The molecule has 1 aromatic heterocycles. The summed E-state index contributed by atoms with van der Waals surface area (Å²) in [6, 6.07) is 8.14. The number of fused-ring (bicyclic) bond motifs is 1. The molecule has 1 aromatic carbocycles. The van der Waals surface area contributed by atoms with E-state index in [0.29, 0.717) is 12.2 Å². The Balaban J connectivity index is 1.97. The highest BCUT2D eigenvalue weighted by Gasteiger charge is 2.25. The molecule has 0 unspecified atom stereocenters. The van der Waals surface area contributed by atoms with Gasteiger partial charge in [0.1, 0.15) is 5.00 Å². The maximum atomic E-state index is 12.4. The number of nitrogens with zero attached hydrogens (tertiary/aromatic N) is 1. The molecule has 120 valence electrons. The summed E-state index contributed by atoms with van der Waals surface area (Å²) in [7, 11) is 0. The molecule has 3 rings (SSSR count). The van der Waals surface area contributed by atoms with Crippen LogP contribution in [0.5, 0.6) is 0 Å². The smallest absolute Gasteiger partial charge is 0.341 e. The Morgan fingerprint density at radius 1 is 1.39 bits per heavy atom. The highest BCUT2D eigenvalue weighted by Crippen LogP contribution is 2.40. The highest BCUT2D eigenvalue weighted by molar-refractivity contribution is 14.1. The van der Waals surface area contributed by atoms with E-state index in [-0.39, 0.29) is 5.97 Å². The maximum Gasteiger partial charge on any atom is 0.341 e. The fourth-order valence-electron chi connectivity index (χ4n) is 2.78. The summed E-state index contributed by atoms with van der Waals surface area (Å²) < 4.78 is 6.43. The zero-order chi connectivity index (χ0) is 16.2. The van der Waals surface area contributed by atoms with E-state index in [2.05, 4.69) is 33.6 Å². The SMILES string of the molecule is CCOC(=O)c1c(/N=C/c2cccc(I)c2)sc2c1CCCC2. The number of hydrogen-bond donors (Lipinski definition) is 0. The Bertz CT molecular complexity index is 751. The zero-order valence-electron chi connectivity index (χ0n) is 13.0. The minimum Gasteiger partial charge on any atom is -0.462 e. The summed E-state index contributed by atoms with van der Waals surface area (Å²) in [5, 5.41) is 0.786. The minimum atomic E-state index is -0.235. The Morgan fingerprint density at radius 2 is 2.22 bits per heavy atom. The number of carbonyl (C=O) groups excluding carboxylic acids is 1. The molecule has 3 nitrogen and oxygen atoms in total. The van der Waals surface area contributed by atoms with Crippen LogP contribution in [0.25, 0.3) is 0 Å². The third kappa shape index (κ3) is 3.83. The molecule has 1 aliphatic carbocycles. The number of ether oxygens (including phenoxy) is 1.